The van der Waals surface area contributed by atoms with Crippen molar-refractivity contribution in [2.24, 2.45) is 5.92 Å². The van der Waals surface area contributed by atoms with Gasteiger partial charge in [-0.15, -0.1) is 0 Å². The summed E-state index contributed by atoms with van der Waals surface area (Å²) in [7, 11) is 0. The molecule has 2 unspecified atom stereocenters. The number of aliphatic hydroxyl groups excluding tert-OH is 1. The zero-order valence-electron chi connectivity index (χ0n) is 9.01. The van der Waals surface area contributed by atoms with Gasteiger partial charge in [0.15, 0.2) is 0 Å². The summed E-state index contributed by atoms with van der Waals surface area (Å²) in [4.78, 5) is 21.2. The fraction of sp³-hybridized carbons (Fsp3) is 0.600. The molecule has 0 saturated heterocycles. The molecule has 0 aliphatic heterocycles. The summed E-state index contributed by atoms with van der Waals surface area (Å²) in [5.74, 6) is -2.02. The van der Waals surface area contributed by atoms with E-state index in [-0.39, 0.29) is 5.92 Å². The summed E-state index contributed by atoms with van der Waals surface area (Å²) in [5.41, 5.74) is 0. The van der Waals surface area contributed by atoms with Gasteiger partial charge in [-0.2, -0.15) is 0 Å². The summed E-state index contributed by atoms with van der Waals surface area (Å²) < 4.78 is 4.88. The molecule has 0 aromatic rings. The van der Waals surface area contributed by atoms with Gasteiger partial charge in [-0.3, -0.25) is 0 Å². The van der Waals surface area contributed by atoms with Gasteiger partial charge < -0.3 is 14.9 Å². The lowest BCUT2D eigenvalue weighted by Gasteiger charge is -2.23. The molecule has 2 atom stereocenters. The highest BCUT2D eigenvalue weighted by molar-refractivity contribution is 5.90. The monoisotopic (exact) mass is 216 g/mol. The Bertz CT molecular complexity index is 247. The molecule has 2 N–H and O–H groups in total. The van der Waals surface area contributed by atoms with E-state index in [0.717, 1.165) is 6.08 Å². The standard InChI is InChI=1S/C10H16O5/c1-6(2)10(7(3)11)15-9(14)5-4-8(12)13/h4-7,10-11H,1-3H3,(H,12,13). The van der Waals surface area contributed by atoms with E-state index in [1.54, 1.807) is 13.8 Å². The maximum absolute atomic E-state index is 11.1. The van der Waals surface area contributed by atoms with Crippen molar-refractivity contribution in [1.29, 1.82) is 0 Å². The van der Waals surface area contributed by atoms with E-state index < -0.39 is 24.1 Å². The Hall–Kier alpha value is -1.36. The largest absolute Gasteiger partial charge is 0.478 e. The zero-order chi connectivity index (χ0) is 12.0. The molecule has 0 rings (SSSR count). The number of carboxylic acids is 1. The van der Waals surface area contributed by atoms with Crippen LogP contribution in [0.25, 0.3) is 0 Å². The lowest BCUT2D eigenvalue weighted by Crippen LogP contribution is -2.33. The normalized spacial score (nSPS) is 15.3. The van der Waals surface area contributed by atoms with E-state index in [9.17, 15) is 14.7 Å². The van der Waals surface area contributed by atoms with Crippen LogP contribution in [0.4, 0.5) is 0 Å². The molecule has 0 aromatic heterocycles. The topological polar surface area (TPSA) is 83.8 Å². The van der Waals surface area contributed by atoms with Gasteiger partial charge in [0.2, 0.25) is 0 Å². The third-order valence-corrected chi connectivity index (χ3v) is 1.75. The maximum Gasteiger partial charge on any atom is 0.331 e. The lowest BCUT2D eigenvalue weighted by atomic mass is 10.0. The Kier molecular flexibility index (Phi) is 5.62. The van der Waals surface area contributed by atoms with E-state index in [1.807, 2.05) is 0 Å². The molecule has 0 saturated carbocycles. The minimum absolute atomic E-state index is 0.0350. The molecular weight excluding hydrogens is 200 g/mol. The first kappa shape index (κ1) is 13.6. The van der Waals surface area contributed by atoms with E-state index in [1.165, 1.54) is 6.92 Å². The highest BCUT2D eigenvalue weighted by Gasteiger charge is 2.22. The van der Waals surface area contributed by atoms with Crippen LogP contribution in [0.15, 0.2) is 12.2 Å². The van der Waals surface area contributed by atoms with Crippen LogP contribution in [0.5, 0.6) is 0 Å². The third kappa shape index (κ3) is 5.85. The molecule has 0 amide bonds. The summed E-state index contributed by atoms with van der Waals surface area (Å²) in [6.45, 7) is 5.11. The molecule has 5 nitrogen and oxygen atoms in total. The Balaban J connectivity index is 4.30. The van der Waals surface area contributed by atoms with Gasteiger partial charge in [-0.05, 0) is 12.8 Å². The van der Waals surface area contributed by atoms with Crippen LogP contribution < -0.4 is 0 Å². The van der Waals surface area contributed by atoms with Crippen LogP contribution in [0, 0.1) is 5.92 Å². The van der Waals surface area contributed by atoms with Gasteiger partial charge in [0.1, 0.15) is 6.10 Å². The zero-order valence-corrected chi connectivity index (χ0v) is 9.01. The molecule has 0 aromatic carbocycles. The predicted octanol–water partition coefficient (Wildman–Crippen LogP) is 0.576. The average Bonchev–Trinajstić information content (AvgIpc) is 2.09. The van der Waals surface area contributed by atoms with Crippen LogP contribution in [-0.2, 0) is 14.3 Å². The average molecular weight is 216 g/mol. The number of carboxylic acid groups (broad SMARTS) is 1. The lowest BCUT2D eigenvalue weighted by molar-refractivity contribution is -0.152. The summed E-state index contributed by atoms with van der Waals surface area (Å²) >= 11 is 0. The number of ether oxygens (including phenoxy) is 1. The van der Waals surface area contributed by atoms with Crippen LogP contribution in [-0.4, -0.2) is 34.4 Å². The van der Waals surface area contributed by atoms with Crippen molar-refractivity contribution < 1.29 is 24.5 Å². The SMILES string of the molecule is CC(C)C(OC(=O)C=CC(=O)O)C(C)O. The molecule has 0 aliphatic carbocycles. The Morgan fingerprint density at radius 2 is 1.73 bits per heavy atom. The van der Waals surface area contributed by atoms with E-state index in [2.05, 4.69) is 0 Å². The number of carbonyl (C=O) groups excluding carboxylic acids is 1. The molecule has 0 radical (unpaired) electrons. The molecule has 0 fully saturated rings. The molecule has 86 valence electrons. The molecule has 0 aliphatic rings. The summed E-state index contributed by atoms with van der Waals surface area (Å²) in [6, 6.07) is 0. The second-order valence-corrected chi connectivity index (χ2v) is 3.56. The second kappa shape index (κ2) is 6.19. The molecule has 5 heteroatoms. The van der Waals surface area contributed by atoms with Crippen molar-refractivity contribution in [2.75, 3.05) is 0 Å². The van der Waals surface area contributed by atoms with Crippen molar-refractivity contribution in [1.82, 2.24) is 0 Å². The van der Waals surface area contributed by atoms with Crippen molar-refractivity contribution >= 4 is 11.9 Å². The van der Waals surface area contributed by atoms with Crippen LogP contribution in [0.2, 0.25) is 0 Å². The van der Waals surface area contributed by atoms with E-state index in [4.69, 9.17) is 9.84 Å². The van der Waals surface area contributed by atoms with Crippen molar-refractivity contribution in [3.05, 3.63) is 12.2 Å². The smallest absolute Gasteiger partial charge is 0.331 e. The van der Waals surface area contributed by atoms with E-state index >= 15 is 0 Å². The van der Waals surface area contributed by atoms with Crippen LogP contribution >= 0.6 is 0 Å². The molecule has 0 spiro atoms. The van der Waals surface area contributed by atoms with Crippen molar-refractivity contribution in [2.45, 2.75) is 33.0 Å². The minimum atomic E-state index is -1.22. The Morgan fingerprint density at radius 1 is 1.20 bits per heavy atom. The molecule has 15 heavy (non-hydrogen) atoms. The van der Waals surface area contributed by atoms with Gasteiger partial charge in [-0.1, -0.05) is 13.8 Å². The first-order valence-electron chi connectivity index (χ1n) is 4.64. The second-order valence-electron chi connectivity index (χ2n) is 3.56. The molecule has 0 heterocycles. The van der Waals surface area contributed by atoms with Gasteiger partial charge in [0.05, 0.1) is 6.10 Å². The number of carbonyl (C=O) groups is 2. The number of esters is 1. The van der Waals surface area contributed by atoms with Crippen LogP contribution in [0.3, 0.4) is 0 Å². The number of aliphatic carboxylic acids is 1. The van der Waals surface area contributed by atoms with Gasteiger partial charge in [0.25, 0.3) is 0 Å². The first-order valence-corrected chi connectivity index (χ1v) is 4.64. The van der Waals surface area contributed by atoms with E-state index in [0.29, 0.717) is 6.08 Å². The van der Waals surface area contributed by atoms with Gasteiger partial charge >= 0.3 is 11.9 Å². The summed E-state index contributed by atoms with van der Waals surface area (Å²) in [6.07, 6.45) is 0.102. The fourth-order valence-electron chi connectivity index (χ4n) is 1.10. The highest BCUT2D eigenvalue weighted by atomic mass is 16.6. The van der Waals surface area contributed by atoms with Gasteiger partial charge in [-0.25, -0.2) is 9.59 Å². The number of rotatable bonds is 5. The predicted molar refractivity (Wildman–Crippen MR) is 53.2 cm³/mol. The number of hydrogen-bond acceptors (Lipinski definition) is 4. The minimum Gasteiger partial charge on any atom is -0.478 e. The quantitative estimate of drug-likeness (QED) is 0.518. The maximum atomic E-state index is 11.1. The Morgan fingerprint density at radius 3 is 2.07 bits per heavy atom. The van der Waals surface area contributed by atoms with Crippen molar-refractivity contribution in [3.63, 3.8) is 0 Å². The Labute approximate surface area is 88.4 Å². The fourth-order valence-corrected chi connectivity index (χ4v) is 1.10. The van der Waals surface area contributed by atoms with Gasteiger partial charge in [0, 0.05) is 12.2 Å². The van der Waals surface area contributed by atoms with Crippen LogP contribution in [0.1, 0.15) is 20.8 Å². The highest BCUT2D eigenvalue weighted by Crippen LogP contribution is 2.11. The van der Waals surface area contributed by atoms with Crippen molar-refractivity contribution in [3.8, 4) is 0 Å². The first-order chi connectivity index (χ1) is 6.84. The molecular formula is C10H16O5. The number of hydrogen-bond donors (Lipinski definition) is 2. The third-order valence-electron chi connectivity index (χ3n) is 1.75. The number of aliphatic hydroxyl groups is 1. The molecule has 0 bridgehead atoms. The summed E-state index contributed by atoms with van der Waals surface area (Å²) in [5, 5.41) is 17.6.